The number of benzene rings is 1. The quantitative estimate of drug-likeness (QED) is 0.567. The fraction of sp³-hybridized carbons (Fsp3) is 0.385. The van der Waals surface area contributed by atoms with Crippen LogP contribution in [0.3, 0.4) is 0 Å². The zero-order chi connectivity index (χ0) is 21.8. The Kier molecular flexibility index (Phi) is 6.52. The second-order valence-electron chi connectivity index (χ2n) is 7.81. The van der Waals surface area contributed by atoms with E-state index in [4.69, 9.17) is 14.8 Å². The van der Waals surface area contributed by atoms with Gasteiger partial charge in [0.15, 0.2) is 5.82 Å². The van der Waals surface area contributed by atoms with Gasteiger partial charge >= 0.3 is 0 Å². The summed E-state index contributed by atoms with van der Waals surface area (Å²) in [5.41, 5.74) is 8.49. The molecule has 0 amide bonds. The van der Waals surface area contributed by atoms with Crippen molar-refractivity contribution in [3.05, 3.63) is 65.0 Å². The van der Waals surface area contributed by atoms with Crippen LogP contribution >= 0.6 is 0 Å². The molecule has 3 aromatic rings. The molecule has 0 radical (unpaired) electrons. The molecule has 162 valence electrons. The van der Waals surface area contributed by atoms with E-state index in [1.54, 1.807) is 0 Å². The summed E-state index contributed by atoms with van der Waals surface area (Å²) >= 11 is 0. The minimum absolute atomic E-state index is 0.778. The number of morpholine rings is 1. The lowest BCUT2D eigenvalue weighted by Gasteiger charge is -2.31. The minimum Gasteiger partial charge on any atom is -0.378 e. The molecule has 0 unspecified atom stereocenters. The first kappa shape index (κ1) is 21.3. The predicted octanol–water partition coefficient (Wildman–Crippen LogP) is 5.46. The number of anilines is 1. The molecular formula is C26H32N4O. The number of rotatable bonds is 4. The number of hydrogen-bond donors (Lipinski definition) is 0. The molecule has 2 aromatic heterocycles. The lowest BCUT2D eigenvalue weighted by molar-refractivity contribution is 0.122. The fourth-order valence-electron chi connectivity index (χ4n) is 4.18. The molecule has 1 fully saturated rings. The van der Waals surface area contributed by atoms with Gasteiger partial charge in [0.2, 0.25) is 0 Å². The van der Waals surface area contributed by atoms with Gasteiger partial charge in [0.05, 0.1) is 24.6 Å². The van der Waals surface area contributed by atoms with Crippen molar-refractivity contribution in [2.75, 3.05) is 31.2 Å². The van der Waals surface area contributed by atoms with E-state index in [2.05, 4.69) is 61.2 Å². The molecule has 0 saturated carbocycles. The molecule has 2 aliphatic rings. The average molecular weight is 417 g/mol. The molecule has 31 heavy (non-hydrogen) atoms. The normalized spacial score (nSPS) is 15.2. The first-order valence-electron chi connectivity index (χ1n) is 11.4. The van der Waals surface area contributed by atoms with E-state index in [1.807, 2.05) is 24.7 Å². The van der Waals surface area contributed by atoms with Crippen molar-refractivity contribution >= 4 is 11.8 Å². The van der Waals surface area contributed by atoms with Gasteiger partial charge in [0.25, 0.3) is 0 Å². The maximum atomic E-state index is 5.57. The molecule has 0 atom stereocenters. The van der Waals surface area contributed by atoms with Crippen LogP contribution in [-0.4, -0.2) is 41.1 Å². The molecule has 5 heteroatoms. The van der Waals surface area contributed by atoms with Crippen molar-refractivity contribution in [2.24, 2.45) is 0 Å². The maximum Gasteiger partial charge on any atom is 0.156 e. The highest BCUT2D eigenvalue weighted by Crippen LogP contribution is 2.35. The Morgan fingerprint density at radius 2 is 1.87 bits per heavy atom. The summed E-state index contributed by atoms with van der Waals surface area (Å²) < 4.78 is 7.47. The summed E-state index contributed by atoms with van der Waals surface area (Å²) in [5.74, 6) is 0.873. The topological polar surface area (TPSA) is 43.2 Å². The summed E-state index contributed by atoms with van der Waals surface area (Å²) in [5, 5.41) is 4.83. The van der Waals surface area contributed by atoms with E-state index < -0.39 is 0 Å². The van der Waals surface area contributed by atoms with Crippen LogP contribution in [0.5, 0.6) is 0 Å². The zero-order valence-electron chi connectivity index (χ0n) is 19.1. The molecule has 0 bridgehead atoms. The smallest absolute Gasteiger partial charge is 0.156 e. The molecule has 1 saturated heterocycles. The second-order valence-corrected chi connectivity index (χ2v) is 7.81. The van der Waals surface area contributed by atoms with Crippen LogP contribution < -0.4 is 4.90 Å². The Morgan fingerprint density at radius 3 is 2.61 bits per heavy atom. The zero-order valence-corrected chi connectivity index (χ0v) is 19.1. The van der Waals surface area contributed by atoms with Crippen molar-refractivity contribution < 1.29 is 4.74 Å². The second kappa shape index (κ2) is 9.48. The Labute approximate surface area is 185 Å². The van der Waals surface area contributed by atoms with Crippen molar-refractivity contribution in [2.45, 2.75) is 40.5 Å². The van der Waals surface area contributed by atoms with Gasteiger partial charge in [0, 0.05) is 42.2 Å². The van der Waals surface area contributed by atoms with Crippen LogP contribution in [0.4, 0.5) is 5.69 Å². The van der Waals surface area contributed by atoms with E-state index in [1.165, 1.54) is 22.4 Å². The van der Waals surface area contributed by atoms with Gasteiger partial charge in [-0.3, -0.25) is 0 Å². The Bertz CT molecular complexity index is 1080. The highest BCUT2D eigenvalue weighted by Gasteiger charge is 2.23. The van der Waals surface area contributed by atoms with Gasteiger partial charge in [0.1, 0.15) is 0 Å². The SMILES string of the molecule is CC.CCC1=Cc2nc(-n3ccc(-c4cccc(C)c4)n3)cc(N3CCOCC3)c2C1. The van der Waals surface area contributed by atoms with Crippen LogP contribution in [0.2, 0.25) is 0 Å². The number of hydrogen-bond acceptors (Lipinski definition) is 4. The van der Waals surface area contributed by atoms with Crippen LogP contribution in [-0.2, 0) is 11.2 Å². The summed E-state index contributed by atoms with van der Waals surface area (Å²) in [6, 6.07) is 12.7. The summed E-state index contributed by atoms with van der Waals surface area (Å²) in [4.78, 5) is 7.40. The standard InChI is InChI=1S/C24H26N4O.C2H6/c1-3-18-14-20-22(15-18)25-24(16-23(20)27-9-11-29-12-10-27)28-8-7-21(26-28)19-6-4-5-17(2)13-19;1-2/h4-8,13,15-16H,3,9-12,14H2,1-2H3;1-2H3. The Morgan fingerprint density at radius 1 is 1.06 bits per heavy atom. The van der Waals surface area contributed by atoms with Gasteiger partial charge in [-0.15, -0.1) is 0 Å². The highest BCUT2D eigenvalue weighted by atomic mass is 16.5. The third kappa shape index (κ3) is 4.42. The van der Waals surface area contributed by atoms with Crippen molar-refractivity contribution in [3.63, 3.8) is 0 Å². The van der Waals surface area contributed by atoms with E-state index in [0.717, 1.165) is 61.9 Å². The highest BCUT2D eigenvalue weighted by molar-refractivity contribution is 5.72. The third-order valence-electron chi connectivity index (χ3n) is 5.81. The first-order chi connectivity index (χ1) is 15.2. The third-order valence-corrected chi connectivity index (χ3v) is 5.81. The number of nitrogens with zero attached hydrogens (tertiary/aromatic N) is 4. The lowest BCUT2D eigenvalue weighted by atomic mass is 10.1. The van der Waals surface area contributed by atoms with Crippen LogP contribution in [0.1, 0.15) is 44.0 Å². The summed E-state index contributed by atoms with van der Waals surface area (Å²) in [7, 11) is 0. The molecule has 5 nitrogen and oxygen atoms in total. The van der Waals surface area contributed by atoms with Crippen molar-refractivity contribution in [1.82, 2.24) is 14.8 Å². The molecule has 1 aliphatic heterocycles. The van der Waals surface area contributed by atoms with Crippen LogP contribution in [0.15, 0.2) is 48.2 Å². The minimum atomic E-state index is 0.778. The molecule has 3 heterocycles. The van der Waals surface area contributed by atoms with Gasteiger partial charge in [-0.2, -0.15) is 5.10 Å². The summed E-state index contributed by atoms with van der Waals surface area (Å²) in [6.07, 6.45) is 6.33. The number of pyridine rings is 1. The molecule has 5 rings (SSSR count). The van der Waals surface area contributed by atoms with Crippen molar-refractivity contribution in [1.29, 1.82) is 0 Å². The van der Waals surface area contributed by atoms with E-state index >= 15 is 0 Å². The molecular weight excluding hydrogens is 384 g/mol. The predicted molar refractivity (Wildman–Crippen MR) is 128 cm³/mol. The fourth-order valence-corrected chi connectivity index (χ4v) is 4.18. The van der Waals surface area contributed by atoms with Crippen LogP contribution in [0, 0.1) is 6.92 Å². The average Bonchev–Trinajstić information content (AvgIpc) is 3.47. The monoisotopic (exact) mass is 416 g/mol. The molecule has 1 aromatic carbocycles. The van der Waals surface area contributed by atoms with E-state index in [-0.39, 0.29) is 0 Å². The van der Waals surface area contributed by atoms with Crippen LogP contribution in [0.25, 0.3) is 23.2 Å². The Balaban J connectivity index is 0.00000112. The van der Waals surface area contributed by atoms with E-state index in [9.17, 15) is 0 Å². The maximum absolute atomic E-state index is 5.57. The first-order valence-corrected chi connectivity index (χ1v) is 11.4. The number of fused-ring (bicyclic) bond motifs is 1. The number of allylic oxidation sites excluding steroid dienone is 1. The van der Waals surface area contributed by atoms with Crippen molar-refractivity contribution in [3.8, 4) is 17.1 Å². The Hall–Kier alpha value is -2.92. The van der Waals surface area contributed by atoms with Gasteiger partial charge < -0.3 is 9.64 Å². The number of aromatic nitrogens is 3. The molecule has 0 spiro atoms. The van der Waals surface area contributed by atoms with Gasteiger partial charge in [-0.1, -0.05) is 50.1 Å². The largest absolute Gasteiger partial charge is 0.378 e. The molecule has 0 N–H and O–H groups in total. The van der Waals surface area contributed by atoms with E-state index in [0.29, 0.717) is 0 Å². The number of aryl methyl sites for hydroxylation is 1. The summed E-state index contributed by atoms with van der Waals surface area (Å²) in [6.45, 7) is 11.7. The number of ether oxygens (including phenoxy) is 1. The van der Waals surface area contributed by atoms with Gasteiger partial charge in [-0.05, 0) is 38.0 Å². The van der Waals surface area contributed by atoms with Gasteiger partial charge in [-0.25, -0.2) is 9.67 Å². The molecule has 1 aliphatic carbocycles. The lowest BCUT2D eigenvalue weighted by Crippen LogP contribution is -2.37.